The Balaban J connectivity index is 2.08. The molecule has 0 aromatic heterocycles. The number of para-hydroxylation sites is 1. The maximum Gasteiger partial charge on any atom is 0.128 e. The van der Waals surface area contributed by atoms with Crippen molar-refractivity contribution in [2.24, 2.45) is 0 Å². The third-order valence-corrected chi connectivity index (χ3v) is 3.90. The molecule has 0 saturated carbocycles. The topological polar surface area (TPSA) is 21.3 Å². The summed E-state index contributed by atoms with van der Waals surface area (Å²) in [5.41, 5.74) is 2.92. The molecule has 1 unspecified atom stereocenters. The van der Waals surface area contributed by atoms with Crippen LogP contribution in [0, 0.1) is 5.82 Å². The third kappa shape index (κ3) is 2.79. The number of aryl methyl sites for hydroxylation is 1. The van der Waals surface area contributed by atoms with Crippen LogP contribution in [0.15, 0.2) is 42.5 Å². The standard InChI is InChI=1S/C18H20FNO/c1-2-20-17(14-9-3-4-11-16(14)19)15-10-5-7-13-8-6-12-21-18(13)15/h3-5,7,9-11,17,20H,2,6,8,12H2,1H3. The van der Waals surface area contributed by atoms with Gasteiger partial charge in [-0.05, 0) is 31.0 Å². The molecule has 0 radical (unpaired) electrons. The Hall–Kier alpha value is -1.87. The van der Waals surface area contributed by atoms with Crippen molar-refractivity contribution >= 4 is 0 Å². The van der Waals surface area contributed by atoms with Crippen molar-refractivity contribution in [1.29, 1.82) is 0 Å². The summed E-state index contributed by atoms with van der Waals surface area (Å²) in [7, 11) is 0. The average molecular weight is 285 g/mol. The quantitative estimate of drug-likeness (QED) is 0.921. The van der Waals surface area contributed by atoms with E-state index < -0.39 is 0 Å². The van der Waals surface area contributed by atoms with Gasteiger partial charge in [0, 0.05) is 11.1 Å². The second-order valence-electron chi connectivity index (χ2n) is 5.30. The molecule has 2 aromatic carbocycles. The first kappa shape index (κ1) is 14.1. The van der Waals surface area contributed by atoms with Crippen molar-refractivity contribution in [2.45, 2.75) is 25.8 Å². The van der Waals surface area contributed by atoms with Crippen molar-refractivity contribution in [3.05, 3.63) is 65.0 Å². The molecule has 0 saturated heterocycles. The Morgan fingerprint density at radius 2 is 1.95 bits per heavy atom. The molecular formula is C18H20FNO. The van der Waals surface area contributed by atoms with Crippen LogP contribution < -0.4 is 10.1 Å². The number of rotatable bonds is 4. The number of nitrogens with one attached hydrogen (secondary N) is 1. The molecule has 3 rings (SSSR count). The molecule has 3 heteroatoms. The first-order valence-electron chi connectivity index (χ1n) is 7.53. The van der Waals surface area contributed by atoms with Crippen molar-refractivity contribution in [1.82, 2.24) is 5.32 Å². The fraction of sp³-hybridized carbons (Fsp3) is 0.333. The molecule has 2 nitrogen and oxygen atoms in total. The summed E-state index contributed by atoms with van der Waals surface area (Å²) in [4.78, 5) is 0. The van der Waals surface area contributed by atoms with Gasteiger partial charge in [0.1, 0.15) is 11.6 Å². The van der Waals surface area contributed by atoms with Crippen LogP contribution in [0.3, 0.4) is 0 Å². The molecule has 0 amide bonds. The highest BCUT2D eigenvalue weighted by molar-refractivity contribution is 5.48. The Morgan fingerprint density at radius 3 is 2.76 bits per heavy atom. The molecule has 2 aromatic rings. The minimum atomic E-state index is -0.183. The predicted octanol–water partition coefficient (Wildman–Crippen LogP) is 3.85. The van der Waals surface area contributed by atoms with Crippen LogP contribution in [-0.4, -0.2) is 13.2 Å². The van der Waals surface area contributed by atoms with Gasteiger partial charge in [-0.25, -0.2) is 4.39 Å². The number of benzene rings is 2. The first-order valence-corrected chi connectivity index (χ1v) is 7.53. The Labute approximate surface area is 125 Å². The highest BCUT2D eigenvalue weighted by atomic mass is 19.1. The summed E-state index contributed by atoms with van der Waals surface area (Å²) in [6, 6.07) is 12.9. The van der Waals surface area contributed by atoms with Crippen LogP contribution in [0.4, 0.5) is 4.39 Å². The van der Waals surface area contributed by atoms with E-state index in [4.69, 9.17) is 4.74 Å². The zero-order valence-corrected chi connectivity index (χ0v) is 12.2. The van der Waals surface area contributed by atoms with E-state index in [1.54, 1.807) is 6.07 Å². The van der Waals surface area contributed by atoms with E-state index in [1.165, 1.54) is 11.6 Å². The van der Waals surface area contributed by atoms with Crippen molar-refractivity contribution in [3.8, 4) is 5.75 Å². The van der Waals surface area contributed by atoms with Gasteiger partial charge in [0.25, 0.3) is 0 Å². The second kappa shape index (κ2) is 6.27. The second-order valence-corrected chi connectivity index (χ2v) is 5.30. The number of hydrogen-bond donors (Lipinski definition) is 1. The Kier molecular flexibility index (Phi) is 4.20. The van der Waals surface area contributed by atoms with Crippen molar-refractivity contribution in [2.75, 3.05) is 13.2 Å². The normalized spacial score (nSPS) is 15.1. The van der Waals surface area contributed by atoms with Crippen LogP contribution in [0.2, 0.25) is 0 Å². The van der Waals surface area contributed by atoms with Gasteiger partial charge in [-0.3, -0.25) is 0 Å². The van der Waals surface area contributed by atoms with Gasteiger partial charge in [0.05, 0.1) is 12.6 Å². The summed E-state index contributed by atoms with van der Waals surface area (Å²) < 4.78 is 20.1. The summed E-state index contributed by atoms with van der Waals surface area (Å²) in [6.45, 7) is 3.53. The van der Waals surface area contributed by atoms with E-state index >= 15 is 0 Å². The van der Waals surface area contributed by atoms with Gasteiger partial charge in [0.2, 0.25) is 0 Å². The maximum absolute atomic E-state index is 14.2. The van der Waals surface area contributed by atoms with E-state index in [0.717, 1.165) is 37.3 Å². The van der Waals surface area contributed by atoms with Crippen LogP contribution >= 0.6 is 0 Å². The van der Waals surface area contributed by atoms with E-state index in [-0.39, 0.29) is 11.9 Å². The molecule has 21 heavy (non-hydrogen) atoms. The lowest BCUT2D eigenvalue weighted by atomic mass is 9.93. The van der Waals surface area contributed by atoms with Crippen molar-refractivity contribution < 1.29 is 9.13 Å². The van der Waals surface area contributed by atoms with E-state index in [2.05, 4.69) is 11.4 Å². The molecule has 1 atom stereocenters. The zero-order chi connectivity index (χ0) is 14.7. The summed E-state index contributed by atoms with van der Waals surface area (Å²) in [6.07, 6.45) is 2.07. The maximum atomic E-state index is 14.2. The molecular weight excluding hydrogens is 265 g/mol. The average Bonchev–Trinajstić information content (AvgIpc) is 2.53. The van der Waals surface area contributed by atoms with Gasteiger partial charge < -0.3 is 10.1 Å². The monoisotopic (exact) mass is 285 g/mol. The SMILES string of the molecule is CCNC(c1ccccc1F)c1cccc2c1OCCC2. The smallest absolute Gasteiger partial charge is 0.128 e. The Morgan fingerprint density at radius 1 is 1.14 bits per heavy atom. The highest BCUT2D eigenvalue weighted by Gasteiger charge is 2.23. The lowest BCUT2D eigenvalue weighted by Gasteiger charge is -2.26. The fourth-order valence-corrected chi connectivity index (χ4v) is 2.94. The van der Waals surface area contributed by atoms with Gasteiger partial charge >= 0.3 is 0 Å². The molecule has 110 valence electrons. The fourth-order valence-electron chi connectivity index (χ4n) is 2.94. The third-order valence-electron chi connectivity index (χ3n) is 3.90. The van der Waals surface area contributed by atoms with Gasteiger partial charge in [-0.1, -0.05) is 43.3 Å². The molecule has 1 N–H and O–H groups in total. The van der Waals surface area contributed by atoms with E-state index in [1.807, 2.05) is 31.2 Å². The lowest BCUT2D eigenvalue weighted by molar-refractivity contribution is 0.283. The van der Waals surface area contributed by atoms with Gasteiger partial charge in [0.15, 0.2) is 0 Å². The minimum absolute atomic E-state index is 0.177. The van der Waals surface area contributed by atoms with Crippen LogP contribution in [-0.2, 0) is 6.42 Å². The summed E-state index contributed by atoms with van der Waals surface area (Å²) >= 11 is 0. The number of halogens is 1. The summed E-state index contributed by atoms with van der Waals surface area (Å²) in [5, 5.41) is 3.39. The predicted molar refractivity (Wildman–Crippen MR) is 82.2 cm³/mol. The largest absolute Gasteiger partial charge is 0.493 e. The summed E-state index contributed by atoms with van der Waals surface area (Å²) in [5.74, 6) is 0.745. The molecule has 0 fully saturated rings. The van der Waals surface area contributed by atoms with Crippen molar-refractivity contribution in [3.63, 3.8) is 0 Å². The molecule has 0 spiro atoms. The van der Waals surface area contributed by atoms with E-state index in [0.29, 0.717) is 5.56 Å². The van der Waals surface area contributed by atoms with Crippen LogP contribution in [0.25, 0.3) is 0 Å². The van der Waals surface area contributed by atoms with Crippen LogP contribution in [0.5, 0.6) is 5.75 Å². The lowest BCUT2D eigenvalue weighted by Crippen LogP contribution is -2.24. The van der Waals surface area contributed by atoms with Crippen LogP contribution in [0.1, 0.15) is 36.1 Å². The van der Waals surface area contributed by atoms with E-state index in [9.17, 15) is 4.39 Å². The molecule has 1 heterocycles. The molecule has 1 aliphatic heterocycles. The minimum Gasteiger partial charge on any atom is -0.493 e. The van der Waals surface area contributed by atoms with Gasteiger partial charge in [-0.15, -0.1) is 0 Å². The number of fused-ring (bicyclic) bond motifs is 1. The molecule has 1 aliphatic rings. The van der Waals surface area contributed by atoms with Gasteiger partial charge in [-0.2, -0.15) is 0 Å². The zero-order valence-electron chi connectivity index (χ0n) is 12.2. The molecule has 0 bridgehead atoms. The Bertz CT molecular complexity index is 626. The number of hydrogen-bond acceptors (Lipinski definition) is 2. The first-order chi connectivity index (χ1) is 10.3. The highest BCUT2D eigenvalue weighted by Crippen LogP contribution is 2.36. The molecule has 0 aliphatic carbocycles. The number of ether oxygens (including phenoxy) is 1.